The standard InChI is InChI=1S/C11H15N3O6/c15-5-8(11(18)10(17)6-16)13-12-7-3-1-2-4-9(7)14(19)20/h1-4,10-12,15-18H,5-6H2/b13-8-/t10-,11+/m1/s1. The van der Waals surface area contributed by atoms with Gasteiger partial charge in [-0.3, -0.25) is 15.5 Å². The lowest BCUT2D eigenvalue weighted by molar-refractivity contribution is -0.384. The monoisotopic (exact) mass is 285 g/mol. The van der Waals surface area contributed by atoms with Gasteiger partial charge in [0, 0.05) is 6.07 Å². The van der Waals surface area contributed by atoms with E-state index in [1.807, 2.05) is 0 Å². The second kappa shape index (κ2) is 7.50. The fraction of sp³-hybridized carbons (Fsp3) is 0.364. The summed E-state index contributed by atoms with van der Waals surface area (Å²) in [7, 11) is 0. The van der Waals surface area contributed by atoms with Crippen LogP contribution in [0.25, 0.3) is 0 Å². The normalized spacial score (nSPS) is 14.7. The van der Waals surface area contributed by atoms with Crippen LogP contribution in [-0.2, 0) is 0 Å². The van der Waals surface area contributed by atoms with Crippen molar-refractivity contribution in [3.63, 3.8) is 0 Å². The quantitative estimate of drug-likeness (QED) is 0.247. The molecule has 0 aliphatic carbocycles. The van der Waals surface area contributed by atoms with Crippen molar-refractivity contribution in [3.05, 3.63) is 34.4 Å². The maximum absolute atomic E-state index is 10.8. The lowest BCUT2D eigenvalue weighted by Crippen LogP contribution is -2.38. The van der Waals surface area contributed by atoms with Crippen LogP contribution < -0.4 is 5.43 Å². The van der Waals surface area contributed by atoms with Crippen molar-refractivity contribution in [1.82, 2.24) is 0 Å². The summed E-state index contributed by atoms with van der Waals surface area (Å²) in [5, 5.41) is 50.9. The van der Waals surface area contributed by atoms with Crippen LogP contribution in [0, 0.1) is 10.1 Å². The van der Waals surface area contributed by atoms with E-state index in [-0.39, 0.29) is 17.1 Å². The van der Waals surface area contributed by atoms with E-state index in [0.717, 1.165) is 0 Å². The Morgan fingerprint density at radius 3 is 2.55 bits per heavy atom. The van der Waals surface area contributed by atoms with Crippen molar-refractivity contribution in [1.29, 1.82) is 0 Å². The molecule has 110 valence electrons. The molecule has 2 atom stereocenters. The zero-order chi connectivity index (χ0) is 15.1. The van der Waals surface area contributed by atoms with Gasteiger partial charge in [-0.05, 0) is 6.07 Å². The first-order chi connectivity index (χ1) is 9.51. The molecular formula is C11H15N3O6. The summed E-state index contributed by atoms with van der Waals surface area (Å²) >= 11 is 0. The summed E-state index contributed by atoms with van der Waals surface area (Å²) < 4.78 is 0. The van der Waals surface area contributed by atoms with E-state index in [4.69, 9.17) is 10.2 Å². The Balaban J connectivity index is 2.92. The van der Waals surface area contributed by atoms with Crippen LogP contribution >= 0.6 is 0 Å². The van der Waals surface area contributed by atoms with E-state index in [1.165, 1.54) is 18.2 Å². The molecule has 9 nitrogen and oxygen atoms in total. The number of anilines is 1. The van der Waals surface area contributed by atoms with Crippen LogP contribution in [-0.4, -0.2) is 56.5 Å². The number of aliphatic hydroxyl groups is 4. The van der Waals surface area contributed by atoms with Crippen LogP contribution in [0.4, 0.5) is 11.4 Å². The molecule has 0 bridgehead atoms. The molecule has 0 radical (unpaired) electrons. The Labute approximate surface area is 114 Å². The third kappa shape index (κ3) is 3.96. The SMILES string of the molecule is O=[N+]([O-])c1ccccc1N/N=C(/CO)[C@H](O)[C@H](O)CO. The number of aliphatic hydroxyl groups excluding tert-OH is 4. The predicted octanol–water partition coefficient (Wildman–Crippen LogP) is -0.931. The minimum atomic E-state index is -1.58. The molecule has 0 unspecified atom stereocenters. The summed E-state index contributed by atoms with van der Waals surface area (Å²) in [4.78, 5) is 10.2. The van der Waals surface area contributed by atoms with Gasteiger partial charge in [-0.1, -0.05) is 12.1 Å². The predicted molar refractivity (Wildman–Crippen MR) is 70.3 cm³/mol. The number of nitrogens with zero attached hydrogens (tertiary/aromatic N) is 2. The van der Waals surface area contributed by atoms with Crippen LogP contribution in [0.15, 0.2) is 29.4 Å². The van der Waals surface area contributed by atoms with E-state index in [9.17, 15) is 20.3 Å². The van der Waals surface area contributed by atoms with Crippen LogP contribution in [0.2, 0.25) is 0 Å². The van der Waals surface area contributed by atoms with Gasteiger partial charge in [0.05, 0.1) is 23.8 Å². The Morgan fingerprint density at radius 1 is 1.35 bits per heavy atom. The van der Waals surface area contributed by atoms with Gasteiger partial charge in [-0.15, -0.1) is 0 Å². The highest BCUT2D eigenvalue weighted by Gasteiger charge is 2.21. The van der Waals surface area contributed by atoms with Gasteiger partial charge in [0.15, 0.2) is 0 Å². The largest absolute Gasteiger partial charge is 0.394 e. The molecule has 1 aromatic carbocycles. The molecule has 20 heavy (non-hydrogen) atoms. The number of benzene rings is 1. The fourth-order valence-corrected chi connectivity index (χ4v) is 1.38. The van der Waals surface area contributed by atoms with E-state index in [0.29, 0.717) is 0 Å². The first kappa shape index (κ1) is 16.0. The second-order valence-corrected chi connectivity index (χ2v) is 3.84. The Bertz CT molecular complexity index is 493. The van der Waals surface area contributed by atoms with Crippen molar-refractivity contribution in [2.45, 2.75) is 12.2 Å². The molecule has 0 saturated heterocycles. The van der Waals surface area contributed by atoms with Gasteiger partial charge in [0.2, 0.25) is 0 Å². The molecule has 0 aromatic heterocycles. The van der Waals surface area contributed by atoms with Crippen molar-refractivity contribution in [3.8, 4) is 0 Å². The Kier molecular flexibility index (Phi) is 6.00. The van der Waals surface area contributed by atoms with Crippen LogP contribution in [0.5, 0.6) is 0 Å². The molecule has 0 aliphatic heterocycles. The van der Waals surface area contributed by atoms with Crippen molar-refractivity contribution in [2.75, 3.05) is 18.6 Å². The zero-order valence-corrected chi connectivity index (χ0v) is 10.4. The highest BCUT2D eigenvalue weighted by atomic mass is 16.6. The van der Waals surface area contributed by atoms with Crippen LogP contribution in [0.3, 0.4) is 0 Å². The summed E-state index contributed by atoms with van der Waals surface area (Å²) in [6, 6.07) is 5.67. The third-order valence-electron chi connectivity index (χ3n) is 2.48. The molecule has 0 spiro atoms. The average Bonchev–Trinajstić information content (AvgIpc) is 2.46. The summed E-state index contributed by atoms with van der Waals surface area (Å²) in [5.41, 5.74) is 1.91. The highest BCUT2D eigenvalue weighted by Crippen LogP contribution is 2.23. The molecule has 0 aliphatic rings. The molecule has 9 heteroatoms. The molecule has 5 N–H and O–H groups in total. The van der Waals surface area contributed by atoms with Gasteiger partial charge in [-0.2, -0.15) is 5.10 Å². The molecule has 0 fully saturated rings. The van der Waals surface area contributed by atoms with Gasteiger partial charge in [0.1, 0.15) is 17.9 Å². The minimum absolute atomic E-state index is 0.0640. The van der Waals surface area contributed by atoms with Crippen molar-refractivity contribution >= 4 is 17.1 Å². The maximum Gasteiger partial charge on any atom is 0.294 e. The lowest BCUT2D eigenvalue weighted by Gasteiger charge is -2.16. The van der Waals surface area contributed by atoms with Gasteiger partial charge in [-0.25, -0.2) is 0 Å². The molecule has 1 rings (SSSR count). The van der Waals surface area contributed by atoms with Crippen molar-refractivity contribution < 1.29 is 25.3 Å². The first-order valence-corrected chi connectivity index (χ1v) is 5.65. The summed E-state index contributed by atoms with van der Waals surface area (Å²) in [5.74, 6) is 0. The highest BCUT2D eigenvalue weighted by molar-refractivity contribution is 5.90. The first-order valence-electron chi connectivity index (χ1n) is 5.65. The number of nitrogens with one attached hydrogen (secondary N) is 1. The number of nitro benzene ring substituents is 1. The van der Waals surface area contributed by atoms with E-state index < -0.39 is 30.3 Å². The van der Waals surface area contributed by atoms with E-state index in [1.54, 1.807) is 6.07 Å². The second-order valence-electron chi connectivity index (χ2n) is 3.84. The third-order valence-corrected chi connectivity index (χ3v) is 2.48. The maximum atomic E-state index is 10.8. The smallest absolute Gasteiger partial charge is 0.294 e. The lowest BCUT2D eigenvalue weighted by atomic mass is 10.1. The summed E-state index contributed by atoms with van der Waals surface area (Å²) in [6.07, 6.45) is -3.09. The Morgan fingerprint density at radius 2 is 2.00 bits per heavy atom. The number of hydrogen-bond acceptors (Lipinski definition) is 8. The number of hydrogen-bond donors (Lipinski definition) is 5. The van der Waals surface area contributed by atoms with Gasteiger partial charge in [0.25, 0.3) is 5.69 Å². The van der Waals surface area contributed by atoms with E-state index in [2.05, 4.69) is 10.5 Å². The molecule has 0 heterocycles. The van der Waals surface area contributed by atoms with E-state index >= 15 is 0 Å². The topological polar surface area (TPSA) is 148 Å². The molecule has 0 amide bonds. The molecule has 0 saturated carbocycles. The number of rotatable bonds is 7. The molecule has 1 aromatic rings. The van der Waals surface area contributed by atoms with Gasteiger partial charge >= 0.3 is 0 Å². The molecular weight excluding hydrogens is 270 g/mol. The van der Waals surface area contributed by atoms with Crippen LogP contribution in [0.1, 0.15) is 0 Å². The Hall–Kier alpha value is -2.07. The fourth-order valence-electron chi connectivity index (χ4n) is 1.38. The minimum Gasteiger partial charge on any atom is -0.394 e. The summed E-state index contributed by atoms with van der Waals surface area (Å²) in [6.45, 7) is -1.41. The zero-order valence-electron chi connectivity index (χ0n) is 10.4. The van der Waals surface area contributed by atoms with Gasteiger partial charge < -0.3 is 20.4 Å². The number of hydrazone groups is 1. The number of para-hydroxylation sites is 2. The number of nitro groups is 1. The van der Waals surface area contributed by atoms with Crippen molar-refractivity contribution in [2.24, 2.45) is 5.10 Å². The average molecular weight is 285 g/mol.